The van der Waals surface area contributed by atoms with Gasteiger partial charge in [0.1, 0.15) is 5.82 Å². The molecule has 0 radical (unpaired) electrons. The third kappa shape index (κ3) is 3.94. The minimum atomic E-state index is -0.289. The van der Waals surface area contributed by atoms with Crippen molar-refractivity contribution >= 4 is 17.3 Å². The van der Waals surface area contributed by atoms with E-state index in [0.29, 0.717) is 23.3 Å². The van der Waals surface area contributed by atoms with Crippen LogP contribution >= 0.6 is 0 Å². The highest BCUT2D eigenvalue weighted by Crippen LogP contribution is 2.27. The van der Waals surface area contributed by atoms with Crippen LogP contribution in [0.2, 0.25) is 0 Å². The number of benzene rings is 1. The lowest BCUT2D eigenvalue weighted by atomic mass is 9.89. The van der Waals surface area contributed by atoms with Crippen LogP contribution in [0.1, 0.15) is 27.2 Å². The molecule has 1 aromatic rings. The fourth-order valence-electron chi connectivity index (χ4n) is 2.86. The quantitative estimate of drug-likeness (QED) is 0.900. The van der Waals surface area contributed by atoms with Crippen LogP contribution in [-0.4, -0.2) is 36.5 Å². The van der Waals surface area contributed by atoms with E-state index in [9.17, 15) is 9.18 Å². The molecule has 116 valence electrons. The molecule has 2 N–H and O–H groups in total. The highest BCUT2D eigenvalue weighted by molar-refractivity contribution is 5.89. The Bertz CT molecular complexity index is 520. The molecule has 3 atom stereocenters. The molecule has 0 bridgehead atoms. The van der Waals surface area contributed by atoms with E-state index < -0.39 is 0 Å². The topological polar surface area (TPSA) is 44.4 Å². The summed E-state index contributed by atoms with van der Waals surface area (Å²) < 4.78 is 14.0. The van der Waals surface area contributed by atoms with Crippen molar-refractivity contribution in [3.8, 4) is 0 Å². The fourth-order valence-corrected chi connectivity index (χ4v) is 2.86. The van der Waals surface area contributed by atoms with Gasteiger partial charge < -0.3 is 15.5 Å². The van der Waals surface area contributed by atoms with E-state index in [1.807, 2.05) is 0 Å². The maximum atomic E-state index is 14.0. The standard InChI is InChI=1S/C16H24FN3O/c1-10-9-20(4)11(2)7-15(10)19-16-8-13(18-12(3)21)5-6-14(16)17/h5-6,8,10-11,15,19H,7,9H2,1-4H3,(H,18,21). The van der Waals surface area contributed by atoms with Crippen LogP contribution in [0.15, 0.2) is 18.2 Å². The van der Waals surface area contributed by atoms with E-state index in [2.05, 4.69) is 36.4 Å². The zero-order valence-electron chi connectivity index (χ0n) is 13.1. The molecule has 1 fully saturated rings. The average molecular weight is 293 g/mol. The van der Waals surface area contributed by atoms with Crippen LogP contribution in [0.5, 0.6) is 0 Å². The molecule has 3 unspecified atom stereocenters. The van der Waals surface area contributed by atoms with Gasteiger partial charge in [-0.15, -0.1) is 0 Å². The molecule has 0 saturated carbocycles. The molecule has 0 spiro atoms. The molecule has 4 nitrogen and oxygen atoms in total. The highest BCUT2D eigenvalue weighted by Gasteiger charge is 2.29. The number of anilines is 2. The van der Waals surface area contributed by atoms with Crippen LogP contribution in [-0.2, 0) is 4.79 Å². The van der Waals surface area contributed by atoms with Gasteiger partial charge in [-0.05, 0) is 44.5 Å². The smallest absolute Gasteiger partial charge is 0.221 e. The predicted octanol–water partition coefficient (Wildman–Crippen LogP) is 2.92. The number of hydrogen-bond donors (Lipinski definition) is 2. The summed E-state index contributed by atoms with van der Waals surface area (Å²) in [4.78, 5) is 13.4. The zero-order valence-corrected chi connectivity index (χ0v) is 13.1. The minimum absolute atomic E-state index is 0.158. The maximum absolute atomic E-state index is 14.0. The summed E-state index contributed by atoms with van der Waals surface area (Å²) in [6.07, 6.45) is 0.974. The molecule has 2 rings (SSSR count). The summed E-state index contributed by atoms with van der Waals surface area (Å²) in [6.45, 7) is 6.79. The number of nitrogens with zero attached hydrogens (tertiary/aromatic N) is 1. The van der Waals surface area contributed by atoms with Crippen molar-refractivity contribution in [3.63, 3.8) is 0 Å². The second-order valence-electron chi connectivity index (χ2n) is 6.13. The molecule has 1 aliphatic rings. The van der Waals surface area contributed by atoms with Gasteiger partial charge >= 0.3 is 0 Å². The Morgan fingerprint density at radius 1 is 1.38 bits per heavy atom. The molecular formula is C16H24FN3O. The van der Waals surface area contributed by atoms with Gasteiger partial charge in [0, 0.05) is 31.2 Å². The first kappa shape index (κ1) is 15.8. The Kier molecular flexibility index (Phi) is 4.83. The average Bonchev–Trinajstić information content (AvgIpc) is 2.39. The third-order valence-corrected chi connectivity index (χ3v) is 4.24. The molecule has 5 heteroatoms. The summed E-state index contributed by atoms with van der Waals surface area (Å²) in [5.41, 5.74) is 1.06. The Hall–Kier alpha value is -1.62. The first-order valence-electron chi connectivity index (χ1n) is 7.40. The summed E-state index contributed by atoms with van der Waals surface area (Å²) >= 11 is 0. The Labute approximate surface area is 125 Å². The number of nitrogens with one attached hydrogen (secondary N) is 2. The van der Waals surface area contributed by atoms with Crippen LogP contribution in [0.4, 0.5) is 15.8 Å². The van der Waals surface area contributed by atoms with Gasteiger partial charge in [-0.1, -0.05) is 6.92 Å². The number of carbonyl (C=O) groups excluding carboxylic acids is 1. The van der Waals surface area contributed by atoms with Crippen molar-refractivity contribution in [1.82, 2.24) is 4.90 Å². The number of amides is 1. The normalized spacial score (nSPS) is 26.4. The second kappa shape index (κ2) is 6.43. The lowest BCUT2D eigenvalue weighted by Crippen LogP contribution is -2.48. The van der Waals surface area contributed by atoms with E-state index in [0.717, 1.165) is 13.0 Å². The minimum Gasteiger partial charge on any atom is -0.380 e. The molecule has 1 amide bonds. The van der Waals surface area contributed by atoms with Crippen molar-refractivity contribution in [2.75, 3.05) is 24.2 Å². The summed E-state index contributed by atoms with van der Waals surface area (Å²) in [5.74, 6) is -0.00764. The van der Waals surface area contributed by atoms with Gasteiger partial charge in [0.05, 0.1) is 5.69 Å². The third-order valence-electron chi connectivity index (χ3n) is 4.24. The van der Waals surface area contributed by atoms with E-state index in [1.165, 1.54) is 13.0 Å². The van der Waals surface area contributed by atoms with Crippen molar-refractivity contribution in [2.24, 2.45) is 5.92 Å². The molecule has 0 aliphatic carbocycles. The van der Waals surface area contributed by atoms with Crippen LogP contribution in [0, 0.1) is 11.7 Å². The number of hydrogen-bond acceptors (Lipinski definition) is 3. The molecular weight excluding hydrogens is 269 g/mol. The van der Waals surface area contributed by atoms with Crippen molar-refractivity contribution < 1.29 is 9.18 Å². The zero-order chi connectivity index (χ0) is 15.6. The van der Waals surface area contributed by atoms with Gasteiger partial charge in [-0.25, -0.2) is 4.39 Å². The number of piperidine rings is 1. The van der Waals surface area contributed by atoms with E-state index in [4.69, 9.17) is 0 Å². The molecule has 1 heterocycles. The monoisotopic (exact) mass is 293 g/mol. The first-order valence-corrected chi connectivity index (χ1v) is 7.40. The maximum Gasteiger partial charge on any atom is 0.221 e. The van der Waals surface area contributed by atoms with E-state index in [1.54, 1.807) is 12.1 Å². The molecule has 1 aliphatic heterocycles. The molecule has 21 heavy (non-hydrogen) atoms. The number of carbonyl (C=O) groups is 1. The lowest BCUT2D eigenvalue weighted by Gasteiger charge is -2.40. The van der Waals surface area contributed by atoms with Crippen molar-refractivity contribution in [3.05, 3.63) is 24.0 Å². The molecule has 1 saturated heterocycles. The number of halogens is 1. The van der Waals surface area contributed by atoms with Crippen molar-refractivity contribution in [1.29, 1.82) is 0 Å². The summed E-state index contributed by atoms with van der Waals surface area (Å²) in [7, 11) is 2.12. The summed E-state index contributed by atoms with van der Waals surface area (Å²) in [5, 5.41) is 5.99. The van der Waals surface area contributed by atoms with Gasteiger partial charge in [-0.3, -0.25) is 4.79 Å². The largest absolute Gasteiger partial charge is 0.380 e. The first-order chi connectivity index (χ1) is 9.86. The second-order valence-corrected chi connectivity index (χ2v) is 6.13. The Balaban J connectivity index is 2.13. The number of likely N-dealkylation sites (tertiary alicyclic amines) is 1. The fraction of sp³-hybridized carbons (Fsp3) is 0.562. The van der Waals surface area contributed by atoms with Gasteiger partial charge in [0.15, 0.2) is 0 Å². The van der Waals surface area contributed by atoms with E-state index >= 15 is 0 Å². The predicted molar refractivity (Wildman–Crippen MR) is 84.0 cm³/mol. The molecule has 1 aromatic carbocycles. The van der Waals surface area contributed by atoms with Crippen LogP contribution in [0.3, 0.4) is 0 Å². The lowest BCUT2D eigenvalue weighted by molar-refractivity contribution is -0.114. The SMILES string of the molecule is CC(=O)Nc1ccc(F)c(NC2CC(C)N(C)CC2C)c1. The van der Waals surface area contributed by atoms with Crippen LogP contribution in [0.25, 0.3) is 0 Å². The van der Waals surface area contributed by atoms with Crippen LogP contribution < -0.4 is 10.6 Å². The molecule has 0 aromatic heterocycles. The van der Waals surface area contributed by atoms with Crippen molar-refractivity contribution in [2.45, 2.75) is 39.3 Å². The van der Waals surface area contributed by atoms with Gasteiger partial charge in [0.25, 0.3) is 0 Å². The Morgan fingerprint density at radius 3 is 2.76 bits per heavy atom. The van der Waals surface area contributed by atoms with Gasteiger partial charge in [-0.2, -0.15) is 0 Å². The Morgan fingerprint density at radius 2 is 2.10 bits per heavy atom. The van der Waals surface area contributed by atoms with Gasteiger partial charge in [0.2, 0.25) is 5.91 Å². The highest BCUT2D eigenvalue weighted by atomic mass is 19.1. The summed E-state index contributed by atoms with van der Waals surface area (Å²) in [6, 6.07) is 5.32. The van der Waals surface area contributed by atoms with E-state index in [-0.39, 0.29) is 17.8 Å². The number of rotatable bonds is 3.